The van der Waals surface area contributed by atoms with Gasteiger partial charge in [-0.1, -0.05) is 15.9 Å². The van der Waals surface area contributed by atoms with Gasteiger partial charge in [-0.05, 0) is 71.1 Å². The van der Waals surface area contributed by atoms with Crippen LogP contribution in [0.5, 0.6) is 5.75 Å². The van der Waals surface area contributed by atoms with Crippen LogP contribution in [0.1, 0.15) is 0 Å². The second-order valence-electron chi connectivity index (χ2n) is 4.31. The first kappa shape index (κ1) is 15.6. The summed E-state index contributed by atoms with van der Waals surface area (Å²) in [4.78, 5) is 0. The number of hydrogen-bond donors (Lipinski definition) is 2. The molecule has 106 valence electrons. The van der Waals surface area contributed by atoms with Crippen molar-refractivity contribution in [2.45, 2.75) is 6.10 Å². The standard InChI is InChI=1S/C15H15BrINO2/c16-11-1-5-13(6-2-11)18-9-14(19)10-20-15-7-3-12(17)4-8-15/h1-8,14,18-19H,9-10H2. The minimum atomic E-state index is -0.557. The van der Waals surface area contributed by atoms with Gasteiger partial charge in [0.05, 0.1) is 0 Å². The summed E-state index contributed by atoms with van der Waals surface area (Å²) in [7, 11) is 0. The molecule has 0 bridgehead atoms. The molecule has 0 aliphatic heterocycles. The predicted octanol–water partition coefficient (Wildman–Crippen LogP) is 3.91. The average Bonchev–Trinajstić information content (AvgIpc) is 2.46. The van der Waals surface area contributed by atoms with E-state index in [2.05, 4.69) is 43.8 Å². The van der Waals surface area contributed by atoms with Crippen LogP contribution in [0.3, 0.4) is 0 Å². The Morgan fingerprint density at radius 1 is 1.10 bits per heavy atom. The molecule has 2 aromatic carbocycles. The highest BCUT2D eigenvalue weighted by Crippen LogP contribution is 2.15. The van der Waals surface area contributed by atoms with Gasteiger partial charge in [-0.3, -0.25) is 0 Å². The number of anilines is 1. The molecule has 2 rings (SSSR count). The molecule has 1 unspecified atom stereocenters. The minimum Gasteiger partial charge on any atom is -0.491 e. The van der Waals surface area contributed by atoms with E-state index in [-0.39, 0.29) is 6.61 Å². The lowest BCUT2D eigenvalue weighted by molar-refractivity contribution is 0.117. The maximum absolute atomic E-state index is 9.88. The van der Waals surface area contributed by atoms with Gasteiger partial charge in [0.1, 0.15) is 18.5 Å². The first-order valence-corrected chi connectivity index (χ1v) is 8.06. The van der Waals surface area contributed by atoms with Crippen molar-refractivity contribution in [3.63, 3.8) is 0 Å². The summed E-state index contributed by atoms with van der Waals surface area (Å²) in [6, 6.07) is 15.6. The van der Waals surface area contributed by atoms with Gasteiger partial charge in [0.15, 0.2) is 0 Å². The van der Waals surface area contributed by atoms with E-state index in [0.29, 0.717) is 6.54 Å². The molecule has 0 amide bonds. The highest BCUT2D eigenvalue weighted by Gasteiger charge is 2.05. The van der Waals surface area contributed by atoms with Gasteiger partial charge in [0, 0.05) is 20.3 Å². The van der Waals surface area contributed by atoms with Crippen LogP contribution in [0.2, 0.25) is 0 Å². The lowest BCUT2D eigenvalue weighted by Crippen LogP contribution is -2.26. The van der Waals surface area contributed by atoms with Crippen molar-refractivity contribution in [2.75, 3.05) is 18.5 Å². The first-order chi connectivity index (χ1) is 9.63. The molecular weight excluding hydrogens is 433 g/mol. The molecule has 0 aliphatic carbocycles. The fourth-order valence-corrected chi connectivity index (χ4v) is 2.21. The Hall–Kier alpha value is -0.790. The van der Waals surface area contributed by atoms with Crippen molar-refractivity contribution in [3.8, 4) is 5.75 Å². The summed E-state index contributed by atoms with van der Waals surface area (Å²) in [5.74, 6) is 0.771. The maximum atomic E-state index is 9.88. The van der Waals surface area contributed by atoms with Crippen molar-refractivity contribution >= 4 is 44.2 Å². The van der Waals surface area contributed by atoms with Gasteiger partial charge < -0.3 is 15.2 Å². The number of aliphatic hydroxyl groups is 1. The fourth-order valence-electron chi connectivity index (χ4n) is 1.59. The van der Waals surface area contributed by atoms with Gasteiger partial charge in [-0.2, -0.15) is 0 Å². The van der Waals surface area contributed by atoms with E-state index < -0.39 is 6.10 Å². The van der Waals surface area contributed by atoms with Crippen LogP contribution in [-0.4, -0.2) is 24.4 Å². The van der Waals surface area contributed by atoms with Crippen molar-refractivity contribution in [1.82, 2.24) is 0 Å². The second-order valence-corrected chi connectivity index (χ2v) is 6.47. The summed E-state index contributed by atoms with van der Waals surface area (Å²) >= 11 is 5.63. The van der Waals surface area contributed by atoms with E-state index >= 15 is 0 Å². The highest BCUT2D eigenvalue weighted by atomic mass is 127. The normalized spacial score (nSPS) is 11.9. The van der Waals surface area contributed by atoms with E-state index in [1.165, 1.54) is 0 Å². The van der Waals surface area contributed by atoms with Gasteiger partial charge in [0.25, 0.3) is 0 Å². The molecule has 1 atom stereocenters. The van der Waals surface area contributed by atoms with Crippen molar-refractivity contribution < 1.29 is 9.84 Å². The smallest absolute Gasteiger partial charge is 0.119 e. The molecule has 0 saturated heterocycles. The Labute approximate surface area is 140 Å². The van der Waals surface area contributed by atoms with Crippen LogP contribution in [0.25, 0.3) is 0 Å². The van der Waals surface area contributed by atoms with E-state index in [0.717, 1.165) is 19.5 Å². The Balaban J connectivity index is 1.73. The van der Waals surface area contributed by atoms with Crippen LogP contribution in [0.4, 0.5) is 5.69 Å². The number of hydrogen-bond acceptors (Lipinski definition) is 3. The molecule has 0 fully saturated rings. The Morgan fingerprint density at radius 3 is 2.40 bits per heavy atom. The maximum Gasteiger partial charge on any atom is 0.119 e. The van der Waals surface area contributed by atoms with Gasteiger partial charge in [0.2, 0.25) is 0 Å². The SMILES string of the molecule is OC(CNc1ccc(Br)cc1)COc1ccc(I)cc1. The molecule has 0 aliphatic rings. The van der Waals surface area contributed by atoms with E-state index in [9.17, 15) is 5.11 Å². The quantitative estimate of drug-likeness (QED) is 0.660. The number of halogens is 2. The lowest BCUT2D eigenvalue weighted by atomic mass is 10.3. The van der Waals surface area contributed by atoms with Crippen LogP contribution in [-0.2, 0) is 0 Å². The molecule has 0 aromatic heterocycles. The predicted molar refractivity (Wildman–Crippen MR) is 93.3 cm³/mol. The first-order valence-electron chi connectivity index (χ1n) is 6.19. The van der Waals surface area contributed by atoms with Crippen LogP contribution in [0, 0.1) is 3.57 Å². The van der Waals surface area contributed by atoms with Gasteiger partial charge >= 0.3 is 0 Å². The molecule has 2 N–H and O–H groups in total. The van der Waals surface area contributed by atoms with Gasteiger partial charge in [-0.15, -0.1) is 0 Å². The Morgan fingerprint density at radius 2 is 1.75 bits per heavy atom. The second kappa shape index (κ2) is 7.85. The third-order valence-electron chi connectivity index (χ3n) is 2.64. The highest BCUT2D eigenvalue weighted by molar-refractivity contribution is 14.1. The lowest BCUT2D eigenvalue weighted by Gasteiger charge is -2.14. The largest absolute Gasteiger partial charge is 0.491 e. The molecule has 0 radical (unpaired) electrons. The van der Waals surface area contributed by atoms with Crippen molar-refractivity contribution in [2.24, 2.45) is 0 Å². The number of nitrogens with one attached hydrogen (secondary N) is 1. The average molecular weight is 448 g/mol. The Kier molecular flexibility index (Phi) is 6.12. The summed E-state index contributed by atoms with van der Waals surface area (Å²) in [5, 5.41) is 13.0. The minimum absolute atomic E-state index is 0.268. The van der Waals surface area contributed by atoms with Crippen molar-refractivity contribution in [1.29, 1.82) is 0 Å². The molecule has 0 heterocycles. The van der Waals surface area contributed by atoms with E-state index in [4.69, 9.17) is 4.74 Å². The van der Waals surface area contributed by atoms with Crippen LogP contribution < -0.4 is 10.1 Å². The zero-order valence-corrected chi connectivity index (χ0v) is 14.5. The Bertz CT molecular complexity index is 481. The molecular formula is C15H15BrINO2. The summed E-state index contributed by atoms with van der Waals surface area (Å²) in [6.45, 7) is 0.718. The molecule has 5 heteroatoms. The molecule has 3 nitrogen and oxygen atoms in total. The van der Waals surface area contributed by atoms with Crippen LogP contribution >= 0.6 is 38.5 Å². The zero-order valence-electron chi connectivity index (χ0n) is 10.7. The molecule has 20 heavy (non-hydrogen) atoms. The summed E-state index contributed by atoms with van der Waals surface area (Å²) < 4.78 is 7.72. The molecule has 2 aromatic rings. The van der Waals surface area contributed by atoms with Crippen LogP contribution in [0.15, 0.2) is 53.0 Å². The van der Waals surface area contributed by atoms with Gasteiger partial charge in [-0.25, -0.2) is 0 Å². The molecule has 0 spiro atoms. The number of ether oxygens (including phenoxy) is 1. The number of rotatable bonds is 6. The zero-order chi connectivity index (χ0) is 14.4. The third-order valence-corrected chi connectivity index (χ3v) is 3.89. The topological polar surface area (TPSA) is 41.5 Å². The number of benzene rings is 2. The monoisotopic (exact) mass is 447 g/mol. The van der Waals surface area contributed by atoms with E-state index in [1.54, 1.807) is 0 Å². The molecule has 0 saturated carbocycles. The summed E-state index contributed by atoms with van der Waals surface area (Å²) in [5.41, 5.74) is 0.974. The fraction of sp³-hybridized carbons (Fsp3) is 0.200. The summed E-state index contributed by atoms with van der Waals surface area (Å²) in [6.07, 6.45) is -0.557. The number of aliphatic hydroxyl groups excluding tert-OH is 1. The van der Waals surface area contributed by atoms with Crippen molar-refractivity contribution in [3.05, 3.63) is 56.6 Å². The van der Waals surface area contributed by atoms with E-state index in [1.807, 2.05) is 48.5 Å². The third kappa shape index (κ3) is 5.30.